The molecule has 18 heteroatoms. The van der Waals surface area contributed by atoms with E-state index in [1.807, 2.05) is 6.07 Å². The summed E-state index contributed by atoms with van der Waals surface area (Å²) in [5.41, 5.74) is -10.6. The number of fused-ring (bicyclic) bond motifs is 6. The lowest BCUT2D eigenvalue weighted by Crippen LogP contribution is -2.16. The monoisotopic (exact) mass is 849 g/mol. The first-order valence-corrected chi connectivity index (χ1v) is 17.1. The molecule has 0 amide bonds. The molecule has 8 aromatic rings. The quantitative estimate of drug-likeness (QED) is 0.163. The van der Waals surface area contributed by atoms with Gasteiger partial charge in [-0.15, -0.1) is 0 Å². The van der Waals surface area contributed by atoms with E-state index in [0.717, 1.165) is 45.5 Å². The molecule has 6 aromatic carbocycles. The topological polar surface area (TPSA) is 33.6 Å². The SMILES string of the molecule is N#Cc1cccc(-c2cc(-n3c4ccc(C(F)(F)F)cc4c4cc(C(F)(F)F)ccc43)c(C(F)(F)F)c(-n3c4ccc(C(F)(F)F)cc4c4cc(C(F)(F)F)ccc43)c2)c1. The van der Waals surface area contributed by atoms with E-state index in [1.54, 1.807) is 0 Å². The second kappa shape index (κ2) is 13.2. The normalized spacial score (nSPS) is 13.2. The molecule has 0 aliphatic rings. The fourth-order valence-electron chi connectivity index (χ4n) is 7.46. The Morgan fingerprint density at radius 2 is 0.700 bits per heavy atom. The second-order valence-corrected chi connectivity index (χ2v) is 13.7. The highest BCUT2D eigenvalue weighted by atomic mass is 19.4. The van der Waals surface area contributed by atoms with E-state index in [1.165, 1.54) is 24.3 Å². The van der Waals surface area contributed by atoms with Crippen LogP contribution in [0.25, 0.3) is 66.1 Å². The van der Waals surface area contributed by atoms with Crippen LogP contribution in [0.3, 0.4) is 0 Å². The van der Waals surface area contributed by atoms with Gasteiger partial charge in [0.25, 0.3) is 0 Å². The van der Waals surface area contributed by atoms with E-state index in [-0.39, 0.29) is 16.7 Å². The summed E-state index contributed by atoms with van der Waals surface area (Å²) in [5.74, 6) is 0. The average molecular weight is 850 g/mol. The molecule has 60 heavy (non-hydrogen) atoms. The first kappa shape index (κ1) is 40.2. The predicted octanol–water partition coefficient (Wildman–Crippen LogP) is 14.5. The summed E-state index contributed by atoms with van der Waals surface area (Å²) in [4.78, 5) is 0. The van der Waals surface area contributed by atoms with Gasteiger partial charge in [-0.2, -0.15) is 71.1 Å². The average Bonchev–Trinajstić information content (AvgIpc) is 3.67. The first-order chi connectivity index (χ1) is 27.9. The maximum absolute atomic E-state index is 16.0. The predicted molar refractivity (Wildman–Crippen MR) is 190 cm³/mol. The fourth-order valence-corrected chi connectivity index (χ4v) is 7.46. The van der Waals surface area contributed by atoms with Gasteiger partial charge in [0.1, 0.15) is 5.56 Å². The molecule has 3 nitrogen and oxygen atoms in total. The number of nitriles is 1. The molecule has 0 bridgehead atoms. The molecule has 0 aliphatic heterocycles. The minimum absolute atomic E-state index is 0.00273. The largest absolute Gasteiger partial charge is 0.420 e. The van der Waals surface area contributed by atoms with Crippen LogP contribution in [0.1, 0.15) is 33.4 Å². The zero-order chi connectivity index (χ0) is 43.5. The van der Waals surface area contributed by atoms with Crippen molar-refractivity contribution in [2.24, 2.45) is 0 Å². The van der Waals surface area contributed by atoms with Crippen molar-refractivity contribution in [2.45, 2.75) is 30.9 Å². The van der Waals surface area contributed by atoms with E-state index < -0.39 is 114 Å². The van der Waals surface area contributed by atoms with Gasteiger partial charge in [0.05, 0.1) is 67.3 Å². The molecule has 0 saturated carbocycles. The van der Waals surface area contributed by atoms with Gasteiger partial charge in [-0.25, -0.2) is 0 Å². The summed E-state index contributed by atoms with van der Waals surface area (Å²) < 4.78 is 217. The third-order valence-electron chi connectivity index (χ3n) is 10.0. The number of halogens is 15. The standard InChI is InChI=1S/C42H18F15N3/c43-38(44,45)23-4-8-31-27(15-23)28-16-24(39(46,47)48)5-9-32(28)59(31)35-13-22(21-3-1-2-20(12-21)19-58)14-36(37(35)42(55,56)57)60-33-10-6-25(40(49,50)51)17-29(33)30-18-26(41(52,53)54)7-11-34(30)60/h1-18H. The smallest absolute Gasteiger partial charge is 0.309 e. The van der Waals surface area contributed by atoms with E-state index in [2.05, 4.69) is 0 Å². The Hall–Kier alpha value is -6.64. The first-order valence-electron chi connectivity index (χ1n) is 17.1. The van der Waals surface area contributed by atoms with Crippen molar-refractivity contribution < 1.29 is 65.9 Å². The van der Waals surface area contributed by atoms with Gasteiger partial charge in [0, 0.05) is 21.5 Å². The van der Waals surface area contributed by atoms with Gasteiger partial charge in [0.2, 0.25) is 0 Å². The van der Waals surface area contributed by atoms with Crippen LogP contribution in [0.15, 0.2) is 109 Å². The van der Waals surface area contributed by atoms with E-state index in [0.29, 0.717) is 48.5 Å². The maximum Gasteiger partial charge on any atom is 0.420 e. The Kier molecular flexibility index (Phi) is 8.82. The van der Waals surface area contributed by atoms with Crippen molar-refractivity contribution >= 4 is 43.6 Å². The molecule has 0 radical (unpaired) electrons. The van der Waals surface area contributed by atoms with Crippen molar-refractivity contribution in [1.29, 1.82) is 5.26 Å². The second-order valence-electron chi connectivity index (χ2n) is 13.7. The van der Waals surface area contributed by atoms with Crippen molar-refractivity contribution in [2.75, 3.05) is 0 Å². The van der Waals surface area contributed by atoms with Gasteiger partial charge in [0.15, 0.2) is 0 Å². The number of benzene rings is 6. The van der Waals surface area contributed by atoms with Crippen molar-refractivity contribution in [3.05, 3.63) is 143 Å². The molecule has 2 heterocycles. The van der Waals surface area contributed by atoms with Crippen LogP contribution >= 0.6 is 0 Å². The molecule has 0 saturated heterocycles. The third-order valence-corrected chi connectivity index (χ3v) is 10.0. The van der Waals surface area contributed by atoms with E-state index in [9.17, 15) is 57.9 Å². The fraction of sp³-hybridized carbons (Fsp3) is 0.119. The highest BCUT2D eigenvalue weighted by molar-refractivity contribution is 6.11. The van der Waals surface area contributed by atoms with Crippen LogP contribution in [-0.2, 0) is 30.9 Å². The lowest BCUT2D eigenvalue weighted by atomic mass is 9.98. The van der Waals surface area contributed by atoms with Crippen molar-refractivity contribution in [1.82, 2.24) is 9.13 Å². The summed E-state index contributed by atoms with van der Waals surface area (Å²) in [6.45, 7) is 0. The van der Waals surface area contributed by atoms with Gasteiger partial charge >= 0.3 is 30.9 Å². The highest BCUT2D eigenvalue weighted by Gasteiger charge is 2.41. The molecule has 0 unspecified atom stereocenters. The Balaban J connectivity index is 1.59. The minimum atomic E-state index is -5.50. The molecule has 8 rings (SSSR count). The molecule has 0 atom stereocenters. The highest BCUT2D eigenvalue weighted by Crippen LogP contribution is 2.48. The van der Waals surface area contributed by atoms with E-state index >= 15 is 13.2 Å². The van der Waals surface area contributed by atoms with E-state index in [4.69, 9.17) is 0 Å². The summed E-state index contributed by atoms with van der Waals surface area (Å²) in [7, 11) is 0. The number of alkyl halides is 15. The molecular formula is C42H18F15N3. The Morgan fingerprint density at radius 3 is 0.983 bits per heavy atom. The van der Waals surface area contributed by atoms with Crippen molar-refractivity contribution in [3.63, 3.8) is 0 Å². The number of aromatic nitrogens is 2. The minimum Gasteiger partial charge on any atom is -0.309 e. The molecular weight excluding hydrogens is 831 g/mol. The lowest BCUT2D eigenvalue weighted by Gasteiger charge is -2.23. The van der Waals surface area contributed by atoms with Gasteiger partial charge < -0.3 is 9.13 Å². The number of hydrogen-bond acceptors (Lipinski definition) is 1. The van der Waals surface area contributed by atoms with Crippen molar-refractivity contribution in [3.8, 4) is 28.6 Å². The van der Waals surface area contributed by atoms with Gasteiger partial charge in [-0.05, 0) is 108 Å². The number of hydrogen-bond donors (Lipinski definition) is 0. The summed E-state index contributed by atoms with van der Waals surface area (Å²) >= 11 is 0. The Labute approximate surface area is 325 Å². The van der Waals surface area contributed by atoms with Crippen LogP contribution in [0, 0.1) is 11.3 Å². The number of rotatable bonds is 3. The van der Waals surface area contributed by atoms with Crippen LogP contribution < -0.4 is 0 Å². The molecule has 306 valence electrons. The molecule has 0 aliphatic carbocycles. The Bertz CT molecular complexity index is 2780. The van der Waals surface area contributed by atoms with Crippen LogP contribution in [0.5, 0.6) is 0 Å². The molecule has 0 N–H and O–H groups in total. The van der Waals surface area contributed by atoms with Gasteiger partial charge in [-0.1, -0.05) is 12.1 Å². The Morgan fingerprint density at radius 1 is 0.367 bits per heavy atom. The van der Waals surface area contributed by atoms with Gasteiger partial charge in [-0.3, -0.25) is 0 Å². The number of nitrogens with zero attached hydrogens (tertiary/aromatic N) is 3. The summed E-state index contributed by atoms with van der Waals surface area (Å²) in [6, 6.07) is 16.1. The zero-order valence-corrected chi connectivity index (χ0v) is 29.4. The zero-order valence-electron chi connectivity index (χ0n) is 29.4. The summed E-state index contributed by atoms with van der Waals surface area (Å²) in [6.07, 6.45) is -25.7. The van der Waals surface area contributed by atoms with Crippen LogP contribution in [0.4, 0.5) is 65.9 Å². The molecule has 0 fully saturated rings. The molecule has 2 aromatic heterocycles. The maximum atomic E-state index is 16.0. The van der Waals surface area contributed by atoms with Crippen LogP contribution in [0.2, 0.25) is 0 Å². The summed E-state index contributed by atoms with van der Waals surface area (Å²) in [5, 5.41) is 7.50. The lowest BCUT2D eigenvalue weighted by molar-refractivity contribution is -0.138. The molecule has 0 spiro atoms. The van der Waals surface area contributed by atoms with Crippen LogP contribution in [-0.4, -0.2) is 9.13 Å². The third kappa shape index (κ3) is 6.71.